The van der Waals surface area contributed by atoms with E-state index in [1.165, 1.54) is 22.9 Å². The van der Waals surface area contributed by atoms with Crippen molar-refractivity contribution in [1.82, 2.24) is 14.9 Å². The van der Waals surface area contributed by atoms with Crippen molar-refractivity contribution >= 4 is 17.7 Å². The number of aryl methyl sites for hydroxylation is 2. The van der Waals surface area contributed by atoms with Crippen LogP contribution in [0.15, 0.2) is 53.9 Å². The molecule has 0 aliphatic rings. The van der Waals surface area contributed by atoms with Crippen LogP contribution in [-0.4, -0.2) is 35.4 Å². The fraction of sp³-hybridized carbons (Fsp3) is 0.304. The van der Waals surface area contributed by atoms with E-state index < -0.39 is 0 Å². The third kappa shape index (κ3) is 4.97. The second-order valence-corrected chi connectivity index (χ2v) is 7.98. The van der Waals surface area contributed by atoms with Crippen LogP contribution in [-0.2, 0) is 4.79 Å². The van der Waals surface area contributed by atoms with Crippen LogP contribution < -0.4 is 14.8 Å². The van der Waals surface area contributed by atoms with Crippen molar-refractivity contribution in [1.29, 1.82) is 0 Å². The number of imidazole rings is 1. The highest BCUT2D eigenvalue weighted by Crippen LogP contribution is 2.29. The third-order valence-electron chi connectivity index (χ3n) is 4.99. The SMILES string of the molecule is COc1ccc(OC)c([C@@H](C)NC(=O)CSc2nccn2-c2ccc(C)c(C)c2)c1. The van der Waals surface area contributed by atoms with Gasteiger partial charge in [-0.2, -0.15) is 0 Å². The van der Waals surface area contributed by atoms with Crippen molar-refractivity contribution in [3.8, 4) is 17.2 Å². The number of rotatable bonds is 8. The van der Waals surface area contributed by atoms with Gasteiger partial charge in [-0.25, -0.2) is 4.98 Å². The zero-order valence-electron chi connectivity index (χ0n) is 17.9. The van der Waals surface area contributed by atoms with E-state index in [4.69, 9.17) is 9.47 Å². The second-order valence-electron chi connectivity index (χ2n) is 7.03. The largest absolute Gasteiger partial charge is 0.497 e. The highest BCUT2D eigenvalue weighted by Gasteiger charge is 2.16. The van der Waals surface area contributed by atoms with Crippen molar-refractivity contribution in [2.24, 2.45) is 0 Å². The molecule has 0 saturated carbocycles. The van der Waals surface area contributed by atoms with E-state index >= 15 is 0 Å². The number of carbonyl (C=O) groups excluding carboxylic acids is 1. The van der Waals surface area contributed by atoms with E-state index in [1.54, 1.807) is 20.4 Å². The lowest BCUT2D eigenvalue weighted by Crippen LogP contribution is -2.28. The molecule has 3 rings (SSSR count). The van der Waals surface area contributed by atoms with Gasteiger partial charge in [0.1, 0.15) is 11.5 Å². The number of hydrogen-bond acceptors (Lipinski definition) is 5. The molecule has 0 bridgehead atoms. The summed E-state index contributed by atoms with van der Waals surface area (Å²) in [5.41, 5.74) is 4.37. The lowest BCUT2D eigenvalue weighted by Gasteiger charge is -2.18. The molecule has 1 atom stereocenters. The molecule has 2 aromatic carbocycles. The Bertz CT molecular complexity index is 1030. The minimum absolute atomic E-state index is 0.0768. The maximum atomic E-state index is 12.6. The molecular weight excluding hydrogens is 398 g/mol. The molecule has 158 valence electrons. The van der Waals surface area contributed by atoms with E-state index in [0.717, 1.165) is 22.2 Å². The minimum atomic E-state index is -0.220. The van der Waals surface area contributed by atoms with Crippen LogP contribution in [0.5, 0.6) is 11.5 Å². The molecule has 0 radical (unpaired) electrons. The van der Waals surface area contributed by atoms with Gasteiger partial charge in [0.05, 0.1) is 26.0 Å². The Labute approximate surface area is 181 Å². The molecule has 0 saturated heterocycles. The molecule has 0 aliphatic heterocycles. The van der Waals surface area contributed by atoms with E-state index in [-0.39, 0.29) is 17.7 Å². The summed E-state index contributed by atoms with van der Waals surface area (Å²) in [5.74, 6) is 1.61. The van der Waals surface area contributed by atoms with E-state index in [1.807, 2.05) is 35.9 Å². The second kappa shape index (κ2) is 9.71. The summed E-state index contributed by atoms with van der Waals surface area (Å²) in [6, 6.07) is 11.6. The molecule has 0 unspecified atom stereocenters. The van der Waals surface area contributed by atoms with Crippen LogP contribution in [0, 0.1) is 13.8 Å². The van der Waals surface area contributed by atoms with E-state index in [2.05, 4.69) is 42.3 Å². The topological polar surface area (TPSA) is 65.4 Å². The van der Waals surface area contributed by atoms with Crippen molar-refractivity contribution in [3.63, 3.8) is 0 Å². The van der Waals surface area contributed by atoms with Gasteiger partial charge in [0.25, 0.3) is 0 Å². The van der Waals surface area contributed by atoms with Crippen LogP contribution in [0.25, 0.3) is 5.69 Å². The molecule has 1 aromatic heterocycles. The number of nitrogens with one attached hydrogen (secondary N) is 1. The number of methoxy groups -OCH3 is 2. The highest BCUT2D eigenvalue weighted by atomic mass is 32.2. The van der Waals surface area contributed by atoms with Crippen LogP contribution >= 0.6 is 11.8 Å². The Morgan fingerprint density at radius 1 is 1.13 bits per heavy atom. The summed E-state index contributed by atoms with van der Waals surface area (Å²) in [5, 5.41) is 3.81. The number of hydrogen-bond donors (Lipinski definition) is 1. The average molecular weight is 426 g/mol. The third-order valence-corrected chi connectivity index (χ3v) is 5.96. The molecule has 1 heterocycles. The predicted molar refractivity (Wildman–Crippen MR) is 120 cm³/mol. The van der Waals surface area contributed by atoms with Gasteiger partial charge < -0.3 is 14.8 Å². The maximum absolute atomic E-state index is 12.6. The van der Waals surface area contributed by atoms with Gasteiger partial charge >= 0.3 is 0 Å². The Morgan fingerprint density at radius 2 is 1.93 bits per heavy atom. The van der Waals surface area contributed by atoms with Gasteiger partial charge in [0.2, 0.25) is 5.91 Å². The van der Waals surface area contributed by atoms with Gasteiger partial charge in [0, 0.05) is 23.6 Å². The van der Waals surface area contributed by atoms with Crippen molar-refractivity contribution in [3.05, 3.63) is 65.5 Å². The van der Waals surface area contributed by atoms with E-state index in [0.29, 0.717) is 5.75 Å². The number of nitrogens with zero attached hydrogens (tertiary/aromatic N) is 2. The maximum Gasteiger partial charge on any atom is 0.230 e. The first kappa shape index (κ1) is 21.8. The molecule has 1 amide bonds. The standard InChI is InChI=1S/C23H27N3O3S/c1-15-6-7-18(12-16(15)2)26-11-10-24-23(26)30-14-22(27)25-17(3)20-13-19(28-4)8-9-21(20)29-5/h6-13,17H,14H2,1-5H3,(H,25,27)/t17-/m1/s1. The number of carbonyl (C=O) groups is 1. The fourth-order valence-corrected chi connectivity index (χ4v) is 3.92. The number of thioether (sulfide) groups is 1. The number of aromatic nitrogens is 2. The quantitative estimate of drug-likeness (QED) is 0.539. The van der Waals surface area contributed by atoms with Crippen LogP contribution in [0.2, 0.25) is 0 Å². The molecular formula is C23H27N3O3S. The van der Waals surface area contributed by atoms with Crippen molar-refractivity contribution in [2.45, 2.75) is 32.0 Å². The monoisotopic (exact) mass is 425 g/mol. The summed E-state index contributed by atoms with van der Waals surface area (Å²) < 4.78 is 12.7. The predicted octanol–water partition coefficient (Wildman–Crippen LogP) is 4.48. The van der Waals surface area contributed by atoms with Gasteiger partial charge in [-0.3, -0.25) is 9.36 Å². The lowest BCUT2D eigenvalue weighted by atomic mass is 10.1. The highest BCUT2D eigenvalue weighted by molar-refractivity contribution is 7.99. The first-order valence-electron chi connectivity index (χ1n) is 9.68. The smallest absolute Gasteiger partial charge is 0.230 e. The summed E-state index contributed by atoms with van der Waals surface area (Å²) in [6.45, 7) is 6.10. The summed E-state index contributed by atoms with van der Waals surface area (Å²) >= 11 is 1.41. The van der Waals surface area contributed by atoms with Gasteiger partial charge in [-0.15, -0.1) is 0 Å². The molecule has 1 N–H and O–H groups in total. The van der Waals surface area contributed by atoms with Gasteiger partial charge in [-0.1, -0.05) is 17.8 Å². The summed E-state index contributed by atoms with van der Waals surface area (Å²) in [6.07, 6.45) is 3.66. The van der Waals surface area contributed by atoms with Crippen LogP contribution in [0.4, 0.5) is 0 Å². The Morgan fingerprint density at radius 3 is 2.63 bits per heavy atom. The molecule has 6 nitrogen and oxygen atoms in total. The Kier molecular flexibility index (Phi) is 7.05. The Balaban J connectivity index is 1.66. The van der Waals surface area contributed by atoms with Gasteiger partial charge in [-0.05, 0) is 62.2 Å². The first-order valence-corrected chi connectivity index (χ1v) is 10.7. The van der Waals surface area contributed by atoms with Gasteiger partial charge in [0.15, 0.2) is 5.16 Å². The number of ether oxygens (including phenoxy) is 2. The molecule has 0 fully saturated rings. The van der Waals surface area contributed by atoms with Crippen LogP contribution in [0.1, 0.15) is 29.7 Å². The number of benzene rings is 2. The zero-order valence-corrected chi connectivity index (χ0v) is 18.7. The molecule has 3 aromatic rings. The minimum Gasteiger partial charge on any atom is -0.497 e. The summed E-state index contributed by atoms with van der Waals surface area (Å²) in [7, 11) is 3.23. The number of amides is 1. The first-order chi connectivity index (χ1) is 14.4. The Hall–Kier alpha value is -2.93. The van der Waals surface area contributed by atoms with Crippen molar-refractivity contribution < 1.29 is 14.3 Å². The molecule has 7 heteroatoms. The normalized spacial score (nSPS) is 11.8. The molecule has 0 spiro atoms. The summed E-state index contributed by atoms with van der Waals surface area (Å²) in [4.78, 5) is 17.0. The lowest BCUT2D eigenvalue weighted by molar-refractivity contribution is -0.119. The van der Waals surface area contributed by atoms with Crippen molar-refractivity contribution in [2.75, 3.05) is 20.0 Å². The zero-order chi connectivity index (χ0) is 21.7. The van der Waals surface area contributed by atoms with E-state index in [9.17, 15) is 4.79 Å². The molecule has 30 heavy (non-hydrogen) atoms. The fourth-order valence-electron chi connectivity index (χ4n) is 3.14. The van der Waals surface area contributed by atoms with Crippen LogP contribution in [0.3, 0.4) is 0 Å². The average Bonchev–Trinajstić information content (AvgIpc) is 3.22. The molecule has 0 aliphatic carbocycles.